The molecule has 0 aliphatic rings. The van der Waals surface area contributed by atoms with Crippen molar-refractivity contribution in [1.29, 1.82) is 0 Å². The molecule has 1 unspecified atom stereocenters. The van der Waals surface area contributed by atoms with Gasteiger partial charge in [0.2, 0.25) is 0 Å². The van der Waals surface area contributed by atoms with Crippen LogP contribution in [0.25, 0.3) is 0 Å². The lowest BCUT2D eigenvalue weighted by Crippen LogP contribution is -2.12. The molecule has 0 aromatic carbocycles. The standard InChI is InChI=1S/C7H13N3S2/c1-5(3-8)4-11-7-10-9-6(2)12-7/h5H,3-4,8H2,1-2H3. The van der Waals surface area contributed by atoms with Gasteiger partial charge >= 0.3 is 0 Å². The molecule has 2 N–H and O–H groups in total. The minimum Gasteiger partial charge on any atom is -0.330 e. The van der Waals surface area contributed by atoms with Gasteiger partial charge in [-0.05, 0) is 19.4 Å². The maximum absolute atomic E-state index is 5.50. The van der Waals surface area contributed by atoms with Crippen molar-refractivity contribution in [3.63, 3.8) is 0 Å². The van der Waals surface area contributed by atoms with Gasteiger partial charge in [-0.3, -0.25) is 0 Å². The molecular weight excluding hydrogens is 190 g/mol. The molecule has 1 aromatic rings. The molecule has 0 amide bonds. The lowest BCUT2D eigenvalue weighted by molar-refractivity contribution is 0.675. The normalized spacial score (nSPS) is 13.2. The van der Waals surface area contributed by atoms with Crippen LogP contribution in [-0.4, -0.2) is 22.5 Å². The van der Waals surface area contributed by atoms with Crippen molar-refractivity contribution in [3.05, 3.63) is 5.01 Å². The first-order valence-corrected chi connectivity index (χ1v) is 5.65. The molecule has 3 nitrogen and oxygen atoms in total. The molecule has 0 radical (unpaired) electrons. The molecule has 68 valence electrons. The summed E-state index contributed by atoms with van der Waals surface area (Å²) in [6.45, 7) is 4.85. The molecule has 0 fully saturated rings. The van der Waals surface area contributed by atoms with Gasteiger partial charge in [-0.1, -0.05) is 30.0 Å². The van der Waals surface area contributed by atoms with Crippen LogP contribution in [0.2, 0.25) is 0 Å². The summed E-state index contributed by atoms with van der Waals surface area (Å²) in [6.07, 6.45) is 0. The molecule has 12 heavy (non-hydrogen) atoms. The van der Waals surface area contributed by atoms with E-state index in [1.165, 1.54) is 0 Å². The quantitative estimate of drug-likeness (QED) is 0.754. The monoisotopic (exact) mass is 203 g/mol. The zero-order valence-corrected chi connectivity index (χ0v) is 8.91. The number of thioether (sulfide) groups is 1. The topological polar surface area (TPSA) is 51.8 Å². The number of rotatable bonds is 4. The van der Waals surface area contributed by atoms with Crippen LogP contribution in [0, 0.1) is 12.8 Å². The van der Waals surface area contributed by atoms with E-state index >= 15 is 0 Å². The summed E-state index contributed by atoms with van der Waals surface area (Å²) in [4.78, 5) is 0. The Balaban J connectivity index is 2.33. The molecule has 1 rings (SSSR count). The third kappa shape index (κ3) is 3.08. The number of hydrogen-bond acceptors (Lipinski definition) is 5. The summed E-state index contributed by atoms with van der Waals surface area (Å²) in [6, 6.07) is 0. The summed E-state index contributed by atoms with van der Waals surface area (Å²) in [5, 5.41) is 8.98. The number of hydrogen-bond donors (Lipinski definition) is 1. The van der Waals surface area contributed by atoms with Crippen LogP contribution in [0.1, 0.15) is 11.9 Å². The third-order valence-corrected chi connectivity index (χ3v) is 3.70. The van der Waals surface area contributed by atoms with Crippen LogP contribution in [0.15, 0.2) is 4.34 Å². The first kappa shape index (κ1) is 9.95. The first-order chi connectivity index (χ1) is 5.72. The van der Waals surface area contributed by atoms with Gasteiger partial charge in [-0.2, -0.15) is 0 Å². The number of aryl methyl sites for hydroxylation is 1. The van der Waals surface area contributed by atoms with Crippen molar-refractivity contribution in [2.75, 3.05) is 12.3 Å². The third-order valence-electron chi connectivity index (χ3n) is 1.40. The van der Waals surface area contributed by atoms with Crippen molar-refractivity contribution in [2.45, 2.75) is 18.2 Å². The summed E-state index contributed by atoms with van der Waals surface area (Å²) < 4.78 is 1.05. The Morgan fingerprint density at radius 1 is 1.58 bits per heavy atom. The molecule has 0 spiro atoms. The van der Waals surface area contributed by atoms with Crippen molar-refractivity contribution in [3.8, 4) is 0 Å². The summed E-state index contributed by atoms with van der Waals surface area (Å²) in [5.41, 5.74) is 5.50. The highest BCUT2D eigenvalue weighted by Gasteiger charge is 2.04. The SMILES string of the molecule is Cc1nnc(SCC(C)CN)s1. The Morgan fingerprint density at radius 2 is 2.33 bits per heavy atom. The van der Waals surface area contributed by atoms with E-state index in [0.29, 0.717) is 5.92 Å². The summed E-state index contributed by atoms with van der Waals surface area (Å²) in [7, 11) is 0. The highest BCUT2D eigenvalue weighted by molar-refractivity contribution is 8.01. The molecule has 0 saturated carbocycles. The maximum atomic E-state index is 5.50. The van der Waals surface area contributed by atoms with Crippen LogP contribution in [0.5, 0.6) is 0 Å². The van der Waals surface area contributed by atoms with Crippen molar-refractivity contribution < 1.29 is 0 Å². The Labute approximate surface area is 80.8 Å². The Hall–Kier alpha value is -0.130. The Bertz CT molecular complexity index is 236. The van der Waals surface area contributed by atoms with E-state index < -0.39 is 0 Å². The minimum absolute atomic E-state index is 0.555. The zero-order valence-electron chi connectivity index (χ0n) is 7.28. The van der Waals surface area contributed by atoms with E-state index in [1.807, 2.05) is 6.92 Å². The fraction of sp³-hybridized carbons (Fsp3) is 0.714. The van der Waals surface area contributed by atoms with E-state index in [9.17, 15) is 0 Å². The number of aromatic nitrogens is 2. The van der Waals surface area contributed by atoms with Gasteiger partial charge in [0.05, 0.1) is 0 Å². The predicted molar refractivity (Wildman–Crippen MR) is 53.6 cm³/mol. The second-order valence-corrected chi connectivity index (χ2v) is 5.19. The van der Waals surface area contributed by atoms with E-state index in [0.717, 1.165) is 21.6 Å². The molecule has 0 saturated heterocycles. The lowest BCUT2D eigenvalue weighted by atomic mass is 10.2. The van der Waals surface area contributed by atoms with Crippen molar-refractivity contribution in [1.82, 2.24) is 10.2 Å². The lowest BCUT2D eigenvalue weighted by Gasteiger charge is -2.03. The summed E-state index contributed by atoms with van der Waals surface area (Å²) in [5.74, 6) is 1.59. The van der Waals surface area contributed by atoms with Gasteiger partial charge in [-0.25, -0.2) is 0 Å². The average molecular weight is 203 g/mol. The number of nitrogens with two attached hydrogens (primary N) is 1. The van der Waals surface area contributed by atoms with Gasteiger partial charge in [-0.15, -0.1) is 10.2 Å². The molecule has 5 heteroatoms. The van der Waals surface area contributed by atoms with Crippen LogP contribution >= 0.6 is 23.1 Å². The molecule has 0 aliphatic carbocycles. The second-order valence-electron chi connectivity index (χ2n) is 2.74. The summed E-state index contributed by atoms with van der Waals surface area (Å²) >= 11 is 3.38. The van der Waals surface area contributed by atoms with E-state index in [-0.39, 0.29) is 0 Å². The Morgan fingerprint density at radius 3 is 2.83 bits per heavy atom. The van der Waals surface area contributed by atoms with Crippen LogP contribution in [0.4, 0.5) is 0 Å². The van der Waals surface area contributed by atoms with Crippen LogP contribution in [-0.2, 0) is 0 Å². The molecule has 1 heterocycles. The molecule has 1 atom stereocenters. The van der Waals surface area contributed by atoms with E-state index in [4.69, 9.17) is 5.73 Å². The van der Waals surface area contributed by atoms with Gasteiger partial charge in [0.1, 0.15) is 5.01 Å². The van der Waals surface area contributed by atoms with Crippen molar-refractivity contribution in [2.24, 2.45) is 11.7 Å². The zero-order chi connectivity index (χ0) is 8.97. The van der Waals surface area contributed by atoms with Gasteiger partial charge in [0.15, 0.2) is 4.34 Å². The maximum Gasteiger partial charge on any atom is 0.174 e. The first-order valence-electron chi connectivity index (χ1n) is 3.85. The minimum atomic E-state index is 0.555. The van der Waals surface area contributed by atoms with Gasteiger partial charge in [0, 0.05) is 5.75 Å². The van der Waals surface area contributed by atoms with E-state index in [1.54, 1.807) is 23.1 Å². The molecule has 1 aromatic heterocycles. The van der Waals surface area contributed by atoms with Crippen molar-refractivity contribution >= 4 is 23.1 Å². The Kier molecular flexibility index (Phi) is 3.97. The molecule has 0 bridgehead atoms. The van der Waals surface area contributed by atoms with Gasteiger partial charge in [0.25, 0.3) is 0 Å². The van der Waals surface area contributed by atoms with Crippen LogP contribution < -0.4 is 5.73 Å². The largest absolute Gasteiger partial charge is 0.330 e. The second kappa shape index (κ2) is 4.79. The molecular formula is C7H13N3S2. The fourth-order valence-corrected chi connectivity index (χ4v) is 2.50. The van der Waals surface area contributed by atoms with Gasteiger partial charge < -0.3 is 5.73 Å². The highest BCUT2D eigenvalue weighted by Crippen LogP contribution is 2.23. The number of nitrogens with zero attached hydrogens (tertiary/aromatic N) is 2. The smallest absolute Gasteiger partial charge is 0.174 e. The fourth-order valence-electron chi connectivity index (χ4n) is 0.618. The molecule has 0 aliphatic heterocycles. The van der Waals surface area contributed by atoms with Crippen LogP contribution in [0.3, 0.4) is 0 Å². The van der Waals surface area contributed by atoms with E-state index in [2.05, 4.69) is 17.1 Å². The highest BCUT2D eigenvalue weighted by atomic mass is 32.2. The average Bonchev–Trinajstić information content (AvgIpc) is 2.47. The predicted octanol–water partition coefficient (Wildman–Crippen LogP) is 1.53.